The fourth-order valence-electron chi connectivity index (χ4n) is 3.15. The highest BCUT2D eigenvalue weighted by molar-refractivity contribution is 8.00. The Morgan fingerprint density at radius 1 is 1.33 bits per heavy atom. The summed E-state index contributed by atoms with van der Waals surface area (Å²) in [5.41, 5.74) is 0.409. The number of hydrogen-bond acceptors (Lipinski definition) is 4. The largest absolute Gasteiger partial charge is 0.468 e. The summed E-state index contributed by atoms with van der Waals surface area (Å²) in [6, 6.07) is -0.105. The Balaban J connectivity index is 1.92. The Labute approximate surface area is 114 Å². The SMILES string of the molecule is COC(=O)[C@@H]1CSC2(CCC(C(C)(C)C)CC2)N1. The van der Waals surface area contributed by atoms with Crippen LogP contribution in [0.4, 0.5) is 0 Å². The minimum absolute atomic E-state index is 0.105. The van der Waals surface area contributed by atoms with Gasteiger partial charge in [0.1, 0.15) is 6.04 Å². The van der Waals surface area contributed by atoms with Crippen molar-refractivity contribution < 1.29 is 9.53 Å². The predicted octanol–water partition coefficient (Wildman–Crippen LogP) is 2.80. The van der Waals surface area contributed by atoms with Gasteiger partial charge in [0.25, 0.3) is 0 Å². The summed E-state index contributed by atoms with van der Waals surface area (Å²) in [5.74, 6) is 1.55. The van der Waals surface area contributed by atoms with Gasteiger partial charge in [-0.05, 0) is 37.0 Å². The Kier molecular flexibility index (Phi) is 3.98. The van der Waals surface area contributed by atoms with Crippen LogP contribution in [0.2, 0.25) is 0 Å². The Morgan fingerprint density at radius 3 is 2.44 bits per heavy atom. The van der Waals surface area contributed by atoms with Gasteiger partial charge in [-0.1, -0.05) is 20.8 Å². The summed E-state index contributed by atoms with van der Waals surface area (Å²) in [6.45, 7) is 7.01. The van der Waals surface area contributed by atoms with E-state index in [1.807, 2.05) is 11.8 Å². The molecule has 3 nitrogen and oxygen atoms in total. The van der Waals surface area contributed by atoms with E-state index >= 15 is 0 Å². The number of ether oxygens (including phenoxy) is 1. The molecule has 1 saturated heterocycles. The highest BCUT2D eigenvalue weighted by atomic mass is 32.2. The molecule has 0 unspecified atom stereocenters. The van der Waals surface area contributed by atoms with Crippen molar-refractivity contribution in [3.05, 3.63) is 0 Å². The minimum Gasteiger partial charge on any atom is -0.468 e. The van der Waals surface area contributed by atoms with E-state index in [-0.39, 0.29) is 16.9 Å². The first kappa shape index (κ1) is 14.2. The van der Waals surface area contributed by atoms with Crippen molar-refractivity contribution in [2.45, 2.75) is 57.4 Å². The fraction of sp³-hybridized carbons (Fsp3) is 0.929. The zero-order valence-corrected chi connectivity index (χ0v) is 12.7. The number of nitrogens with one attached hydrogen (secondary N) is 1. The summed E-state index contributed by atoms with van der Waals surface area (Å²) in [7, 11) is 1.47. The number of carbonyl (C=O) groups is 1. The van der Waals surface area contributed by atoms with Crippen LogP contribution < -0.4 is 5.32 Å². The Bertz CT molecular complexity index is 316. The van der Waals surface area contributed by atoms with Gasteiger partial charge in [0.15, 0.2) is 0 Å². The molecule has 0 aromatic heterocycles. The Morgan fingerprint density at radius 2 is 1.94 bits per heavy atom. The molecule has 0 radical (unpaired) electrons. The van der Waals surface area contributed by atoms with Crippen LogP contribution in [0.1, 0.15) is 46.5 Å². The summed E-state index contributed by atoms with van der Waals surface area (Å²) >= 11 is 1.92. The van der Waals surface area contributed by atoms with Crippen molar-refractivity contribution >= 4 is 17.7 Å². The predicted molar refractivity (Wildman–Crippen MR) is 75.5 cm³/mol. The number of esters is 1. The lowest BCUT2D eigenvalue weighted by atomic mass is 9.71. The van der Waals surface area contributed by atoms with Crippen molar-refractivity contribution in [2.75, 3.05) is 12.9 Å². The molecule has 0 aromatic carbocycles. The van der Waals surface area contributed by atoms with Crippen molar-refractivity contribution in [1.29, 1.82) is 0 Å². The van der Waals surface area contributed by atoms with Crippen molar-refractivity contribution in [3.63, 3.8) is 0 Å². The first-order valence-corrected chi connectivity index (χ1v) is 7.84. The normalized spacial score (nSPS) is 36.9. The van der Waals surface area contributed by atoms with Gasteiger partial charge in [0, 0.05) is 5.75 Å². The first-order valence-electron chi connectivity index (χ1n) is 6.86. The molecule has 1 heterocycles. The molecule has 0 bridgehead atoms. The van der Waals surface area contributed by atoms with Crippen LogP contribution in [0, 0.1) is 11.3 Å². The van der Waals surface area contributed by atoms with Crippen LogP contribution >= 0.6 is 11.8 Å². The average molecular weight is 271 g/mol. The topological polar surface area (TPSA) is 38.3 Å². The molecule has 1 aliphatic carbocycles. The molecule has 2 aliphatic rings. The summed E-state index contributed by atoms with van der Waals surface area (Å²) < 4.78 is 4.83. The molecular formula is C14H25NO2S. The second-order valence-electron chi connectivity index (χ2n) is 6.67. The van der Waals surface area contributed by atoms with Crippen LogP contribution in [0.3, 0.4) is 0 Å². The van der Waals surface area contributed by atoms with Gasteiger partial charge < -0.3 is 4.74 Å². The van der Waals surface area contributed by atoms with Gasteiger partial charge in [0.2, 0.25) is 0 Å². The van der Waals surface area contributed by atoms with Gasteiger partial charge in [-0.25, -0.2) is 0 Å². The molecule has 0 aromatic rings. The van der Waals surface area contributed by atoms with Crippen molar-refractivity contribution in [2.24, 2.45) is 11.3 Å². The van der Waals surface area contributed by atoms with E-state index in [1.165, 1.54) is 32.8 Å². The second kappa shape index (κ2) is 5.04. The van der Waals surface area contributed by atoms with Crippen molar-refractivity contribution in [1.82, 2.24) is 5.32 Å². The zero-order valence-electron chi connectivity index (χ0n) is 11.9. The van der Waals surface area contributed by atoms with Gasteiger partial charge in [-0.3, -0.25) is 10.1 Å². The van der Waals surface area contributed by atoms with Gasteiger partial charge in [0.05, 0.1) is 12.0 Å². The maximum Gasteiger partial charge on any atom is 0.323 e. The van der Waals surface area contributed by atoms with Gasteiger partial charge in [-0.15, -0.1) is 11.8 Å². The molecule has 1 N–H and O–H groups in total. The van der Waals surface area contributed by atoms with Crippen LogP contribution in [0.5, 0.6) is 0 Å². The number of methoxy groups -OCH3 is 1. The standard InChI is InChI=1S/C14H25NO2S/c1-13(2,3)10-5-7-14(8-6-10)15-11(9-18-14)12(16)17-4/h10-11,15H,5-9H2,1-4H3/t10?,11-,14?/m0/s1. The number of rotatable bonds is 1. The summed E-state index contributed by atoms with van der Waals surface area (Å²) in [4.78, 5) is 11.7. The average Bonchev–Trinajstić information content (AvgIpc) is 2.72. The highest BCUT2D eigenvalue weighted by Gasteiger charge is 2.45. The molecule has 1 saturated carbocycles. The maximum absolute atomic E-state index is 11.6. The number of thioether (sulfide) groups is 1. The first-order chi connectivity index (χ1) is 8.36. The molecule has 2 fully saturated rings. The lowest BCUT2D eigenvalue weighted by molar-refractivity contribution is -0.142. The monoisotopic (exact) mass is 271 g/mol. The maximum atomic E-state index is 11.6. The van der Waals surface area contributed by atoms with Crippen LogP contribution in [0.15, 0.2) is 0 Å². The lowest BCUT2D eigenvalue weighted by Gasteiger charge is -2.42. The third-order valence-electron chi connectivity index (χ3n) is 4.47. The molecular weight excluding hydrogens is 246 g/mol. The van der Waals surface area contributed by atoms with E-state index in [9.17, 15) is 4.79 Å². The molecule has 0 amide bonds. The van der Waals surface area contributed by atoms with Crippen LogP contribution in [0.25, 0.3) is 0 Å². The van der Waals surface area contributed by atoms with E-state index in [0.717, 1.165) is 11.7 Å². The van der Waals surface area contributed by atoms with E-state index < -0.39 is 0 Å². The van der Waals surface area contributed by atoms with E-state index in [0.29, 0.717) is 5.41 Å². The molecule has 1 spiro atoms. The summed E-state index contributed by atoms with van der Waals surface area (Å²) in [5, 5.41) is 3.52. The lowest BCUT2D eigenvalue weighted by Crippen LogP contribution is -2.48. The quantitative estimate of drug-likeness (QED) is 0.744. The van der Waals surface area contributed by atoms with E-state index in [1.54, 1.807) is 0 Å². The molecule has 2 rings (SSSR count). The van der Waals surface area contributed by atoms with Gasteiger partial charge in [-0.2, -0.15) is 0 Å². The Hall–Kier alpha value is -0.220. The van der Waals surface area contributed by atoms with E-state index in [4.69, 9.17) is 4.74 Å². The number of carbonyl (C=O) groups excluding carboxylic acids is 1. The van der Waals surface area contributed by atoms with E-state index in [2.05, 4.69) is 26.1 Å². The summed E-state index contributed by atoms with van der Waals surface area (Å²) in [6.07, 6.45) is 4.87. The third-order valence-corrected chi connectivity index (χ3v) is 6.05. The number of hydrogen-bond donors (Lipinski definition) is 1. The van der Waals surface area contributed by atoms with Crippen LogP contribution in [-0.2, 0) is 9.53 Å². The molecule has 104 valence electrons. The smallest absolute Gasteiger partial charge is 0.323 e. The molecule has 18 heavy (non-hydrogen) atoms. The second-order valence-corrected chi connectivity index (χ2v) is 8.07. The fourth-order valence-corrected chi connectivity index (χ4v) is 4.61. The highest BCUT2D eigenvalue weighted by Crippen LogP contribution is 2.48. The minimum atomic E-state index is -0.114. The zero-order chi connectivity index (χ0) is 13.4. The van der Waals surface area contributed by atoms with Crippen LogP contribution in [-0.4, -0.2) is 29.7 Å². The molecule has 1 atom stereocenters. The van der Waals surface area contributed by atoms with Crippen molar-refractivity contribution in [3.8, 4) is 0 Å². The molecule has 1 aliphatic heterocycles. The molecule has 4 heteroatoms. The van der Waals surface area contributed by atoms with Gasteiger partial charge >= 0.3 is 5.97 Å². The third kappa shape index (κ3) is 2.85.